The Bertz CT molecular complexity index is 541. The van der Waals surface area contributed by atoms with Crippen LogP contribution in [0.5, 0.6) is 0 Å². The lowest BCUT2D eigenvalue weighted by molar-refractivity contribution is 0.229. The number of aryl methyl sites for hydroxylation is 1. The standard InChI is InChI=1S/C13H17N3/c1-8-4-10-11-5-9(2)16(3)7-13(11)15-12(10)6-14-8/h4,6,9,15H,5,7H2,1-3H3/t9-/m1/s1. The van der Waals surface area contributed by atoms with Crippen molar-refractivity contribution in [2.45, 2.75) is 32.9 Å². The van der Waals surface area contributed by atoms with Gasteiger partial charge in [-0.15, -0.1) is 0 Å². The van der Waals surface area contributed by atoms with Gasteiger partial charge in [0, 0.05) is 29.4 Å². The Labute approximate surface area is 95.5 Å². The van der Waals surface area contributed by atoms with Gasteiger partial charge in [0.05, 0.1) is 11.7 Å². The summed E-state index contributed by atoms with van der Waals surface area (Å²) >= 11 is 0. The molecule has 0 radical (unpaired) electrons. The van der Waals surface area contributed by atoms with Gasteiger partial charge in [0.1, 0.15) is 0 Å². The first kappa shape index (κ1) is 9.85. The van der Waals surface area contributed by atoms with Gasteiger partial charge in [-0.05, 0) is 38.9 Å². The quantitative estimate of drug-likeness (QED) is 0.731. The molecule has 0 spiro atoms. The molecule has 16 heavy (non-hydrogen) atoms. The van der Waals surface area contributed by atoms with Crippen LogP contribution in [0.15, 0.2) is 12.3 Å². The number of rotatable bonds is 0. The maximum absolute atomic E-state index is 4.34. The van der Waals surface area contributed by atoms with Crippen molar-refractivity contribution >= 4 is 10.9 Å². The Morgan fingerprint density at radius 3 is 3.12 bits per heavy atom. The van der Waals surface area contributed by atoms with Crippen molar-refractivity contribution in [1.29, 1.82) is 0 Å². The minimum Gasteiger partial charge on any atom is -0.356 e. The molecule has 2 aromatic heterocycles. The van der Waals surface area contributed by atoms with E-state index >= 15 is 0 Å². The van der Waals surface area contributed by atoms with Crippen molar-refractivity contribution in [3.05, 3.63) is 29.2 Å². The fourth-order valence-electron chi connectivity index (χ4n) is 2.53. The van der Waals surface area contributed by atoms with Crippen LogP contribution in [0.1, 0.15) is 23.9 Å². The Morgan fingerprint density at radius 2 is 2.31 bits per heavy atom. The molecule has 3 heteroatoms. The van der Waals surface area contributed by atoms with Gasteiger partial charge >= 0.3 is 0 Å². The van der Waals surface area contributed by atoms with Crippen LogP contribution >= 0.6 is 0 Å². The van der Waals surface area contributed by atoms with Crippen LogP contribution in [-0.2, 0) is 13.0 Å². The number of hydrogen-bond acceptors (Lipinski definition) is 2. The molecule has 3 heterocycles. The van der Waals surface area contributed by atoms with Crippen molar-refractivity contribution in [3.8, 4) is 0 Å². The molecule has 0 saturated heterocycles. The first-order valence-corrected chi connectivity index (χ1v) is 5.81. The largest absolute Gasteiger partial charge is 0.356 e. The predicted molar refractivity (Wildman–Crippen MR) is 65.5 cm³/mol. The second-order valence-electron chi connectivity index (χ2n) is 4.92. The number of aromatic amines is 1. The summed E-state index contributed by atoms with van der Waals surface area (Å²) in [4.78, 5) is 10.2. The lowest BCUT2D eigenvalue weighted by Crippen LogP contribution is -2.34. The molecule has 1 N–H and O–H groups in total. The molecule has 3 nitrogen and oxygen atoms in total. The lowest BCUT2D eigenvalue weighted by atomic mass is 9.98. The van der Waals surface area contributed by atoms with Gasteiger partial charge in [-0.25, -0.2) is 0 Å². The van der Waals surface area contributed by atoms with Crippen LogP contribution in [0.2, 0.25) is 0 Å². The number of pyridine rings is 1. The summed E-state index contributed by atoms with van der Waals surface area (Å²) < 4.78 is 0. The molecule has 0 bridgehead atoms. The zero-order valence-electron chi connectivity index (χ0n) is 10.0. The van der Waals surface area contributed by atoms with E-state index < -0.39 is 0 Å². The highest BCUT2D eigenvalue weighted by Gasteiger charge is 2.23. The van der Waals surface area contributed by atoms with Crippen molar-refractivity contribution in [3.63, 3.8) is 0 Å². The summed E-state index contributed by atoms with van der Waals surface area (Å²) in [6.45, 7) is 5.36. The van der Waals surface area contributed by atoms with Gasteiger partial charge < -0.3 is 4.98 Å². The zero-order valence-corrected chi connectivity index (χ0v) is 10.0. The second kappa shape index (κ2) is 3.32. The third-order valence-electron chi connectivity index (χ3n) is 3.68. The Hall–Kier alpha value is -1.35. The normalized spacial score (nSPS) is 21.3. The molecule has 84 valence electrons. The highest BCUT2D eigenvalue weighted by Crippen LogP contribution is 2.29. The van der Waals surface area contributed by atoms with E-state index in [1.807, 2.05) is 6.20 Å². The summed E-state index contributed by atoms with van der Waals surface area (Å²) in [7, 11) is 2.18. The average molecular weight is 215 g/mol. The monoisotopic (exact) mass is 215 g/mol. The van der Waals surface area contributed by atoms with E-state index in [2.05, 4.69) is 41.8 Å². The number of nitrogens with zero attached hydrogens (tertiary/aromatic N) is 2. The van der Waals surface area contributed by atoms with E-state index in [-0.39, 0.29) is 0 Å². The molecule has 0 saturated carbocycles. The van der Waals surface area contributed by atoms with Crippen LogP contribution in [-0.4, -0.2) is 28.0 Å². The van der Waals surface area contributed by atoms with E-state index in [1.54, 1.807) is 0 Å². The summed E-state index contributed by atoms with van der Waals surface area (Å²) in [5.41, 5.74) is 5.13. The number of H-pyrrole nitrogens is 1. The third-order valence-corrected chi connectivity index (χ3v) is 3.68. The van der Waals surface area contributed by atoms with E-state index in [9.17, 15) is 0 Å². The van der Waals surface area contributed by atoms with Gasteiger partial charge in [-0.2, -0.15) is 0 Å². The molecule has 0 unspecified atom stereocenters. The van der Waals surface area contributed by atoms with E-state index in [0.717, 1.165) is 18.7 Å². The van der Waals surface area contributed by atoms with Crippen molar-refractivity contribution < 1.29 is 0 Å². The molecule has 1 aliphatic rings. The number of likely N-dealkylation sites (N-methyl/N-ethyl adjacent to an activating group) is 1. The van der Waals surface area contributed by atoms with Crippen molar-refractivity contribution in [2.75, 3.05) is 7.05 Å². The van der Waals surface area contributed by atoms with Crippen LogP contribution in [0.4, 0.5) is 0 Å². The summed E-state index contributed by atoms with van der Waals surface area (Å²) in [6.07, 6.45) is 3.09. The molecule has 2 aromatic rings. The summed E-state index contributed by atoms with van der Waals surface area (Å²) in [5.74, 6) is 0. The second-order valence-corrected chi connectivity index (χ2v) is 4.92. The minimum absolute atomic E-state index is 0.625. The summed E-state index contributed by atoms with van der Waals surface area (Å²) in [6, 6.07) is 2.82. The van der Waals surface area contributed by atoms with Crippen LogP contribution in [0.3, 0.4) is 0 Å². The number of hydrogen-bond donors (Lipinski definition) is 1. The highest BCUT2D eigenvalue weighted by molar-refractivity contribution is 5.84. The third kappa shape index (κ3) is 1.35. The highest BCUT2D eigenvalue weighted by atomic mass is 15.1. The molecule has 0 fully saturated rings. The van der Waals surface area contributed by atoms with E-state index in [0.29, 0.717) is 6.04 Å². The number of fused-ring (bicyclic) bond motifs is 3. The molecule has 3 rings (SSSR count). The van der Waals surface area contributed by atoms with Gasteiger partial charge in [0.2, 0.25) is 0 Å². The maximum Gasteiger partial charge on any atom is 0.0646 e. The lowest BCUT2D eigenvalue weighted by Gasteiger charge is -2.29. The molecule has 1 atom stereocenters. The predicted octanol–water partition coefficient (Wildman–Crippen LogP) is 2.25. The smallest absolute Gasteiger partial charge is 0.0646 e. The molecule has 0 aliphatic carbocycles. The maximum atomic E-state index is 4.34. The fraction of sp³-hybridized carbons (Fsp3) is 0.462. The van der Waals surface area contributed by atoms with Gasteiger partial charge in [0.25, 0.3) is 0 Å². The first-order valence-electron chi connectivity index (χ1n) is 5.81. The van der Waals surface area contributed by atoms with Crippen molar-refractivity contribution in [1.82, 2.24) is 14.9 Å². The van der Waals surface area contributed by atoms with Crippen LogP contribution in [0.25, 0.3) is 10.9 Å². The van der Waals surface area contributed by atoms with Crippen molar-refractivity contribution in [2.24, 2.45) is 0 Å². The SMILES string of the molecule is Cc1cc2c3c([nH]c2cn1)CN(C)[C@H](C)C3. The van der Waals surface area contributed by atoms with Gasteiger partial charge in [-0.1, -0.05) is 0 Å². The van der Waals surface area contributed by atoms with Gasteiger partial charge in [-0.3, -0.25) is 9.88 Å². The fourth-order valence-corrected chi connectivity index (χ4v) is 2.53. The van der Waals surface area contributed by atoms with Gasteiger partial charge in [0.15, 0.2) is 0 Å². The minimum atomic E-state index is 0.625. The molecule has 0 aromatic carbocycles. The summed E-state index contributed by atoms with van der Waals surface area (Å²) in [5, 5.41) is 1.36. The average Bonchev–Trinajstić information content (AvgIpc) is 2.57. The Balaban J connectivity index is 2.21. The van der Waals surface area contributed by atoms with Crippen LogP contribution in [0, 0.1) is 6.92 Å². The number of aromatic nitrogens is 2. The first-order chi connectivity index (χ1) is 7.65. The Kier molecular flexibility index (Phi) is 2.04. The molecular weight excluding hydrogens is 198 g/mol. The zero-order chi connectivity index (χ0) is 11.3. The Morgan fingerprint density at radius 1 is 1.50 bits per heavy atom. The van der Waals surface area contributed by atoms with E-state index in [1.165, 1.54) is 22.2 Å². The topological polar surface area (TPSA) is 31.9 Å². The molecular formula is C13H17N3. The molecule has 1 aliphatic heterocycles. The van der Waals surface area contributed by atoms with Crippen LogP contribution < -0.4 is 0 Å². The number of nitrogens with one attached hydrogen (secondary N) is 1. The molecule has 0 amide bonds. The van der Waals surface area contributed by atoms with E-state index in [4.69, 9.17) is 0 Å².